The molecule has 0 radical (unpaired) electrons. The van der Waals surface area contributed by atoms with Crippen LogP contribution in [0, 0.1) is 5.92 Å². The van der Waals surface area contributed by atoms with Gasteiger partial charge in [-0.25, -0.2) is 9.59 Å². The predicted molar refractivity (Wildman–Crippen MR) is 129 cm³/mol. The number of rotatable bonds is 12. The van der Waals surface area contributed by atoms with Gasteiger partial charge in [0.1, 0.15) is 5.54 Å². The average molecular weight is 512 g/mol. The van der Waals surface area contributed by atoms with Crippen LogP contribution in [0.15, 0.2) is 18.2 Å². The van der Waals surface area contributed by atoms with Crippen molar-refractivity contribution in [2.75, 3.05) is 13.7 Å². The molecule has 0 saturated heterocycles. The fraction of sp³-hybridized carbons (Fsp3) is 0.600. The molecule has 36 heavy (non-hydrogen) atoms. The topological polar surface area (TPSA) is 150 Å². The van der Waals surface area contributed by atoms with Crippen molar-refractivity contribution in [2.45, 2.75) is 78.6 Å². The summed E-state index contributed by atoms with van der Waals surface area (Å²) in [4.78, 5) is 48.3. The Bertz CT molecular complexity index is 912. The smallest absolute Gasteiger partial charge is 0.468 e. The Labute approximate surface area is 211 Å². The second-order valence-electron chi connectivity index (χ2n) is 9.07. The molecule has 1 rings (SSSR count). The number of hydrogen-bond donors (Lipinski definition) is 1. The highest BCUT2D eigenvalue weighted by Crippen LogP contribution is 2.31. The molecule has 1 atom stereocenters. The SMILES string of the molecule is COC(=O)[C@](N)(CCCOC(=O)C(C)C)Cc1ccc(OC(=O)OC(C)C)c(OC(=O)OC(C)C)c1. The third-order valence-electron chi connectivity index (χ3n) is 4.65. The first-order valence-corrected chi connectivity index (χ1v) is 11.7. The van der Waals surface area contributed by atoms with Gasteiger partial charge < -0.3 is 34.2 Å². The molecule has 1 aromatic carbocycles. The highest BCUT2D eigenvalue weighted by molar-refractivity contribution is 5.81. The summed E-state index contributed by atoms with van der Waals surface area (Å²) in [7, 11) is 1.22. The van der Waals surface area contributed by atoms with E-state index in [1.165, 1.54) is 19.2 Å². The van der Waals surface area contributed by atoms with Crippen molar-refractivity contribution in [1.29, 1.82) is 0 Å². The lowest BCUT2D eigenvalue weighted by molar-refractivity contribution is -0.148. The number of methoxy groups -OCH3 is 1. The standard InChI is InChI=1S/C25H37NO10/c1-15(2)21(27)32-12-8-11-25(26,22(28)31-7)14-18-9-10-19(35-23(29)33-16(3)4)20(13-18)36-24(30)34-17(5)6/h9-10,13,15-17H,8,11-12,14,26H2,1-7H3/t25-/m0/s1. The van der Waals surface area contributed by atoms with Crippen molar-refractivity contribution in [3.63, 3.8) is 0 Å². The summed E-state index contributed by atoms with van der Waals surface area (Å²) in [5.74, 6) is -1.51. The Morgan fingerprint density at radius 1 is 0.889 bits per heavy atom. The summed E-state index contributed by atoms with van der Waals surface area (Å²) in [5.41, 5.74) is 5.42. The highest BCUT2D eigenvalue weighted by Gasteiger charge is 2.35. The van der Waals surface area contributed by atoms with E-state index in [1.54, 1.807) is 47.6 Å². The van der Waals surface area contributed by atoms with Crippen LogP contribution in [-0.4, -0.2) is 55.7 Å². The maximum atomic E-state index is 12.5. The number of carbonyl (C=O) groups excluding carboxylic acids is 4. The first-order valence-electron chi connectivity index (χ1n) is 11.7. The van der Waals surface area contributed by atoms with Crippen LogP contribution in [0.5, 0.6) is 11.5 Å². The molecule has 0 aliphatic carbocycles. The van der Waals surface area contributed by atoms with Gasteiger partial charge in [0.2, 0.25) is 0 Å². The average Bonchev–Trinajstić information content (AvgIpc) is 2.76. The van der Waals surface area contributed by atoms with Crippen LogP contribution in [0.3, 0.4) is 0 Å². The molecule has 0 aliphatic heterocycles. The van der Waals surface area contributed by atoms with Crippen molar-refractivity contribution in [3.05, 3.63) is 23.8 Å². The fourth-order valence-electron chi connectivity index (χ4n) is 3.00. The summed E-state index contributed by atoms with van der Waals surface area (Å²) in [6.07, 6.45) is -2.42. The van der Waals surface area contributed by atoms with Gasteiger partial charge >= 0.3 is 24.2 Å². The molecule has 11 nitrogen and oxygen atoms in total. The monoisotopic (exact) mass is 511 g/mol. The third kappa shape index (κ3) is 10.5. The van der Waals surface area contributed by atoms with Gasteiger partial charge in [-0.2, -0.15) is 0 Å². The van der Waals surface area contributed by atoms with Crippen LogP contribution in [0.25, 0.3) is 0 Å². The molecule has 202 valence electrons. The minimum Gasteiger partial charge on any atom is -0.468 e. The molecule has 0 bridgehead atoms. The lowest BCUT2D eigenvalue weighted by Gasteiger charge is -2.27. The molecular weight excluding hydrogens is 474 g/mol. The molecule has 0 amide bonds. The molecule has 0 saturated carbocycles. The zero-order chi connectivity index (χ0) is 27.5. The van der Waals surface area contributed by atoms with Gasteiger partial charge in [-0.3, -0.25) is 9.59 Å². The van der Waals surface area contributed by atoms with E-state index in [4.69, 9.17) is 34.2 Å². The molecule has 11 heteroatoms. The number of benzene rings is 1. The number of ether oxygens (including phenoxy) is 6. The molecule has 0 fully saturated rings. The molecule has 0 heterocycles. The molecular formula is C25H37NO10. The number of carbonyl (C=O) groups is 4. The summed E-state index contributed by atoms with van der Waals surface area (Å²) < 4.78 is 30.4. The van der Waals surface area contributed by atoms with Gasteiger partial charge in [-0.05, 0) is 58.2 Å². The summed E-state index contributed by atoms with van der Waals surface area (Å²) in [6.45, 7) is 10.1. The number of hydrogen-bond acceptors (Lipinski definition) is 11. The van der Waals surface area contributed by atoms with E-state index < -0.39 is 36.0 Å². The van der Waals surface area contributed by atoms with E-state index >= 15 is 0 Å². The van der Waals surface area contributed by atoms with E-state index in [2.05, 4.69) is 0 Å². The van der Waals surface area contributed by atoms with Crippen molar-refractivity contribution in [1.82, 2.24) is 0 Å². The predicted octanol–water partition coefficient (Wildman–Crippen LogP) is 3.93. The number of nitrogens with two attached hydrogens (primary N) is 1. The fourth-order valence-corrected chi connectivity index (χ4v) is 3.00. The molecule has 0 spiro atoms. The van der Waals surface area contributed by atoms with Crippen molar-refractivity contribution < 1.29 is 47.6 Å². The van der Waals surface area contributed by atoms with Gasteiger partial charge in [0.05, 0.1) is 31.8 Å². The normalized spacial score (nSPS) is 12.6. The Morgan fingerprint density at radius 2 is 1.44 bits per heavy atom. The van der Waals surface area contributed by atoms with Gasteiger partial charge in [0.15, 0.2) is 11.5 Å². The highest BCUT2D eigenvalue weighted by atomic mass is 16.7. The molecule has 2 N–H and O–H groups in total. The Morgan fingerprint density at radius 3 is 1.94 bits per heavy atom. The van der Waals surface area contributed by atoms with Gasteiger partial charge in [0, 0.05) is 6.42 Å². The summed E-state index contributed by atoms with van der Waals surface area (Å²) in [6, 6.07) is 4.35. The minimum absolute atomic E-state index is 0.00981. The van der Waals surface area contributed by atoms with E-state index in [1.807, 2.05) is 0 Å². The van der Waals surface area contributed by atoms with Gasteiger partial charge in [-0.1, -0.05) is 19.9 Å². The van der Waals surface area contributed by atoms with Crippen LogP contribution in [-0.2, 0) is 35.0 Å². The van der Waals surface area contributed by atoms with Crippen molar-refractivity contribution in [3.8, 4) is 11.5 Å². The van der Waals surface area contributed by atoms with E-state index in [9.17, 15) is 19.2 Å². The molecule has 0 aromatic heterocycles. The maximum absolute atomic E-state index is 12.5. The van der Waals surface area contributed by atoms with Crippen LogP contribution < -0.4 is 15.2 Å². The maximum Gasteiger partial charge on any atom is 0.514 e. The zero-order valence-electron chi connectivity index (χ0n) is 22.0. The van der Waals surface area contributed by atoms with Crippen LogP contribution >= 0.6 is 0 Å². The number of esters is 2. The first kappa shape index (κ1) is 30.7. The summed E-state index contributed by atoms with van der Waals surface area (Å²) >= 11 is 0. The van der Waals surface area contributed by atoms with Crippen LogP contribution in [0.2, 0.25) is 0 Å². The Kier molecular flexibility index (Phi) is 12.2. The molecule has 1 aromatic rings. The van der Waals surface area contributed by atoms with Crippen molar-refractivity contribution in [2.24, 2.45) is 11.7 Å². The van der Waals surface area contributed by atoms with Gasteiger partial charge in [0.25, 0.3) is 0 Å². The van der Waals surface area contributed by atoms with E-state index in [-0.39, 0.29) is 42.8 Å². The molecule has 0 unspecified atom stereocenters. The second kappa shape index (κ2) is 14.3. The van der Waals surface area contributed by atoms with Gasteiger partial charge in [-0.15, -0.1) is 0 Å². The first-order chi connectivity index (χ1) is 16.8. The third-order valence-corrected chi connectivity index (χ3v) is 4.65. The van der Waals surface area contributed by atoms with Crippen LogP contribution in [0.4, 0.5) is 9.59 Å². The van der Waals surface area contributed by atoms with Crippen LogP contribution in [0.1, 0.15) is 59.9 Å². The Balaban J connectivity index is 3.13. The van der Waals surface area contributed by atoms with E-state index in [0.717, 1.165) is 0 Å². The Hall–Kier alpha value is -3.34. The lowest BCUT2D eigenvalue weighted by Crippen LogP contribution is -2.50. The van der Waals surface area contributed by atoms with E-state index in [0.29, 0.717) is 12.0 Å². The lowest BCUT2D eigenvalue weighted by atomic mass is 9.87. The quantitative estimate of drug-likeness (QED) is 0.188. The minimum atomic E-state index is -1.46. The molecule has 0 aliphatic rings. The summed E-state index contributed by atoms with van der Waals surface area (Å²) in [5, 5.41) is 0. The largest absolute Gasteiger partial charge is 0.514 e. The second-order valence-corrected chi connectivity index (χ2v) is 9.07. The zero-order valence-corrected chi connectivity index (χ0v) is 22.0. The van der Waals surface area contributed by atoms with Crippen molar-refractivity contribution >= 4 is 24.2 Å².